The van der Waals surface area contributed by atoms with Gasteiger partial charge in [-0.05, 0) is 44.4 Å². The summed E-state index contributed by atoms with van der Waals surface area (Å²) in [4.78, 5) is 12.1. The molecule has 104 valence electrons. The van der Waals surface area contributed by atoms with E-state index < -0.39 is 17.3 Å². The highest BCUT2D eigenvalue weighted by Gasteiger charge is 2.39. The highest BCUT2D eigenvalue weighted by Crippen LogP contribution is 2.33. The van der Waals surface area contributed by atoms with Gasteiger partial charge in [0.1, 0.15) is 11.4 Å². The van der Waals surface area contributed by atoms with Crippen LogP contribution >= 0.6 is 11.6 Å². The van der Waals surface area contributed by atoms with Gasteiger partial charge in [-0.25, -0.2) is 9.18 Å². The number of nitrogens with one attached hydrogen (secondary N) is 1. The van der Waals surface area contributed by atoms with Gasteiger partial charge >= 0.3 is 5.97 Å². The van der Waals surface area contributed by atoms with E-state index in [1.807, 2.05) is 0 Å². The summed E-state index contributed by atoms with van der Waals surface area (Å²) >= 11 is 6.06. The van der Waals surface area contributed by atoms with Gasteiger partial charge in [-0.15, -0.1) is 0 Å². The second kappa shape index (κ2) is 5.47. The minimum atomic E-state index is -1.05. The van der Waals surface area contributed by atoms with Crippen molar-refractivity contribution in [3.8, 4) is 0 Å². The standard InChI is InChI=1S/C14H17ClFNO2/c1-14(13(18)19-2,17-8-9-3-4-9)11-6-5-10(16)7-12(11)15/h5-7,9,17H,3-4,8H2,1-2H3. The van der Waals surface area contributed by atoms with E-state index in [0.717, 1.165) is 6.54 Å². The van der Waals surface area contributed by atoms with Crippen LogP contribution in [0.2, 0.25) is 5.02 Å². The van der Waals surface area contributed by atoms with Gasteiger partial charge in [-0.2, -0.15) is 0 Å². The Labute approximate surface area is 117 Å². The third-order valence-electron chi connectivity index (χ3n) is 3.50. The summed E-state index contributed by atoms with van der Waals surface area (Å²) < 4.78 is 18.0. The fraction of sp³-hybridized carbons (Fsp3) is 0.500. The molecule has 1 fully saturated rings. The second-order valence-electron chi connectivity index (χ2n) is 5.07. The van der Waals surface area contributed by atoms with Gasteiger partial charge in [0, 0.05) is 10.6 Å². The lowest BCUT2D eigenvalue weighted by molar-refractivity contribution is -0.148. The molecule has 0 saturated heterocycles. The maximum absolute atomic E-state index is 13.1. The molecule has 3 nitrogen and oxygen atoms in total. The van der Waals surface area contributed by atoms with E-state index in [1.54, 1.807) is 6.92 Å². The van der Waals surface area contributed by atoms with Gasteiger partial charge in [0.05, 0.1) is 7.11 Å². The van der Waals surface area contributed by atoms with E-state index in [-0.39, 0.29) is 5.02 Å². The molecule has 0 heterocycles. The summed E-state index contributed by atoms with van der Waals surface area (Å²) in [6, 6.07) is 4.02. The Morgan fingerprint density at radius 1 is 1.58 bits per heavy atom. The van der Waals surface area contributed by atoms with Crippen molar-refractivity contribution >= 4 is 17.6 Å². The first kappa shape index (κ1) is 14.3. The molecule has 1 N–H and O–H groups in total. The summed E-state index contributed by atoms with van der Waals surface area (Å²) in [6.07, 6.45) is 2.34. The van der Waals surface area contributed by atoms with Crippen LogP contribution in [0.25, 0.3) is 0 Å². The molecule has 5 heteroatoms. The average Bonchev–Trinajstić information content (AvgIpc) is 3.19. The van der Waals surface area contributed by atoms with Crippen molar-refractivity contribution in [3.05, 3.63) is 34.6 Å². The molecule has 0 aliphatic heterocycles. The van der Waals surface area contributed by atoms with Crippen molar-refractivity contribution in [2.24, 2.45) is 5.92 Å². The number of methoxy groups -OCH3 is 1. The summed E-state index contributed by atoms with van der Waals surface area (Å²) in [6.45, 7) is 2.43. The Balaban J connectivity index is 2.31. The maximum atomic E-state index is 13.1. The van der Waals surface area contributed by atoms with E-state index in [1.165, 1.54) is 38.2 Å². The molecule has 1 aromatic rings. The predicted molar refractivity (Wildman–Crippen MR) is 71.5 cm³/mol. The number of hydrogen-bond donors (Lipinski definition) is 1. The summed E-state index contributed by atoms with van der Waals surface area (Å²) in [5.41, 5.74) is -0.523. The zero-order valence-electron chi connectivity index (χ0n) is 11.0. The summed E-state index contributed by atoms with van der Waals surface area (Å²) in [5, 5.41) is 3.42. The summed E-state index contributed by atoms with van der Waals surface area (Å²) in [5.74, 6) is -0.256. The largest absolute Gasteiger partial charge is 0.467 e. The molecule has 1 saturated carbocycles. The van der Waals surface area contributed by atoms with Crippen molar-refractivity contribution in [2.75, 3.05) is 13.7 Å². The number of benzene rings is 1. The van der Waals surface area contributed by atoms with Crippen LogP contribution in [-0.2, 0) is 15.1 Å². The first-order valence-electron chi connectivity index (χ1n) is 6.26. The Bertz CT molecular complexity index is 490. The zero-order chi connectivity index (χ0) is 14.0. The van der Waals surface area contributed by atoms with E-state index in [0.29, 0.717) is 11.5 Å². The van der Waals surface area contributed by atoms with E-state index in [4.69, 9.17) is 16.3 Å². The molecule has 0 amide bonds. The fourth-order valence-corrected chi connectivity index (χ4v) is 2.40. The van der Waals surface area contributed by atoms with Crippen LogP contribution in [0, 0.1) is 11.7 Å². The van der Waals surface area contributed by atoms with Crippen molar-refractivity contribution in [1.29, 1.82) is 0 Å². The number of esters is 1. The monoisotopic (exact) mass is 285 g/mol. The SMILES string of the molecule is COC(=O)C(C)(NCC1CC1)c1ccc(F)cc1Cl. The first-order valence-corrected chi connectivity index (χ1v) is 6.64. The van der Waals surface area contributed by atoms with E-state index >= 15 is 0 Å². The fourth-order valence-electron chi connectivity index (χ4n) is 2.05. The topological polar surface area (TPSA) is 38.3 Å². The second-order valence-corrected chi connectivity index (χ2v) is 5.47. The Kier molecular flexibility index (Phi) is 4.11. The number of hydrogen-bond acceptors (Lipinski definition) is 3. The molecule has 1 aliphatic carbocycles. The molecule has 1 aromatic carbocycles. The van der Waals surface area contributed by atoms with Crippen LogP contribution in [0.15, 0.2) is 18.2 Å². The number of carbonyl (C=O) groups excluding carboxylic acids is 1. The molecule has 2 rings (SSSR count). The van der Waals surface area contributed by atoms with Gasteiger partial charge in [-0.3, -0.25) is 5.32 Å². The summed E-state index contributed by atoms with van der Waals surface area (Å²) in [7, 11) is 1.33. The van der Waals surface area contributed by atoms with E-state index in [2.05, 4.69) is 5.32 Å². The molecular weight excluding hydrogens is 269 g/mol. The van der Waals surface area contributed by atoms with Gasteiger partial charge < -0.3 is 4.74 Å². The highest BCUT2D eigenvalue weighted by atomic mass is 35.5. The Hall–Kier alpha value is -1.13. The predicted octanol–water partition coefficient (Wildman–Crippen LogP) is 2.87. The number of rotatable bonds is 5. The van der Waals surface area contributed by atoms with Gasteiger partial charge in [0.2, 0.25) is 0 Å². The van der Waals surface area contributed by atoms with Crippen LogP contribution in [0.3, 0.4) is 0 Å². The zero-order valence-corrected chi connectivity index (χ0v) is 11.8. The Morgan fingerprint density at radius 2 is 2.26 bits per heavy atom. The third kappa shape index (κ3) is 3.07. The number of halogens is 2. The third-order valence-corrected chi connectivity index (χ3v) is 3.82. The molecule has 0 spiro atoms. The van der Waals surface area contributed by atoms with Gasteiger partial charge in [0.25, 0.3) is 0 Å². The van der Waals surface area contributed by atoms with Crippen molar-refractivity contribution < 1.29 is 13.9 Å². The van der Waals surface area contributed by atoms with Crippen LogP contribution < -0.4 is 5.32 Å². The van der Waals surface area contributed by atoms with Crippen molar-refractivity contribution in [2.45, 2.75) is 25.3 Å². The minimum Gasteiger partial charge on any atom is -0.467 e. The quantitative estimate of drug-likeness (QED) is 0.846. The lowest BCUT2D eigenvalue weighted by Crippen LogP contribution is -2.48. The number of ether oxygens (including phenoxy) is 1. The van der Waals surface area contributed by atoms with E-state index in [9.17, 15) is 9.18 Å². The minimum absolute atomic E-state index is 0.219. The van der Waals surface area contributed by atoms with Crippen LogP contribution in [-0.4, -0.2) is 19.6 Å². The molecule has 1 aliphatic rings. The lowest BCUT2D eigenvalue weighted by atomic mass is 9.91. The van der Waals surface area contributed by atoms with Crippen molar-refractivity contribution in [1.82, 2.24) is 5.32 Å². The molecule has 0 aromatic heterocycles. The maximum Gasteiger partial charge on any atom is 0.330 e. The lowest BCUT2D eigenvalue weighted by Gasteiger charge is -2.29. The molecule has 0 radical (unpaired) electrons. The Morgan fingerprint density at radius 3 is 2.79 bits per heavy atom. The number of carbonyl (C=O) groups is 1. The van der Waals surface area contributed by atoms with Crippen molar-refractivity contribution in [3.63, 3.8) is 0 Å². The van der Waals surface area contributed by atoms with Crippen LogP contribution in [0.4, 0.5) is 4.39 Å². The van der Waals surface area contributed by atoms with Crippen LogP contribution in [0.1, 0.15) is 25.3 Å². The van der Waals surface area contributed by atoms with Gasteiger partial charge in [-0.1, -0.05) is 17.7 Å². The first-order chi connectivity index (χ1) is 8.97. The smallest absolute Gasteiger partial charge is 0.330 e. The molecule has 19 heavy (non-hydrogen) atoms. The van der Waals surface area contributed by atoms with Crippen LogP contribution in [0.5, 0.6) is 0 Å². The molecule has 1 atom stereocenters. The molecular formula is C14H17ClFNO2. The van der Waals surface area contributed by atoms with Gasteiger partial charge in [0.15, 0.2) is 0 Å². The average molecular weight is 286 g/mol. The normalized spacial score (nSPS) is 17.9. The molecule has 1 unspecified atom stereocenters. The highest BCUT2D eigenvalue weighted by molar-refractivity contribution is 6.31. The molecule has 0 bridgehead atoms.